The van der Waals surface area contributed by atoms with Crippen LogP contribution in [0.3, 0.4) is 0 Å². The number of ether oxygens (including phenoxy) is 1. The van der Waals surface area contributed by atoms with E-state index in [1.807, 2.05) is 26.1 Å². The number of alkyl carbamates (subject to hydrolysis) is 1. The minimum atomic E-state index is -1.11. The molecule has 1 heterocycles. The van der Waals surface area contributed by atoms with Gasteiger partial charge in [-0.05, 0) is 44.9 Å². The third-order valence-electron chi connectivity index (χ3n) is 3.51. The van der Waals surface area contributed by atoms with Gasteiger partial charge in [-0.1, -0.05) is 6.07 Å². The minimum absolute atomic E-state index is 0.167. The Morgan fingerprint density at radius 2 is 2.04 bits per heavy atom. The Hall–Kier alpha value is -2.57. The quantitative estimate of drug-likeness (QED) is 0.896. The summed E-state index contributed by atoms with van der Waals surface area (Å²) in [6.45, 7) is 7.12. The van der Waals surface area contributed by atoms with Crippen LogP contribution in [0.2, 0.25) is 0 Å². The van der Waals surface area contributed by atoms with E-state index in [0.29, 0.717) is 0 Å². The summed E-state index contributed by atoms with van der Waals surface area (Å²) >= 11 is 0. The first kappa shape index (κ1) is 17.8. The van der Waals surface area contributed by atoms with E-state index in [1.165, 1.54) is 0 Å². The fourth-order valence-corrected chi connectivity index (χ4v) is 2.63. The zero-order chi connectivity index (χ0) is 18.1. The highest BCUT2D eigenvalue weighted by Gasteiger charge is 2.24. The number of aryl methyl sites for hydroxylation is 2. The van der Waals surface area contributed by atoms with Crippen LogP contribution in [-0.2, 0) is 23.0 Å². The first-order chi connectivity index (χ1) is 11.1. The second-order valence-corrected chi connectivity index (χ2v) is 6.86. The molecule has 7 nitrogen and oxygen atoms in total. The minimum Gasteiger partial charge on any atom is -0.480 e. The molecule has 0 fully saturated rings. The van der Waals surface area contributed by atoms with Crippen molar-refractivity contribution in [3.63, 3.8) is 0 Å². The topological polar surface area (TPSA) is 93.4 Å². The van der Waals surface area contributed by atoms with Crippen LogP contribution in [0.4, 0.5) is 4.79 Å². The standard InChI is InChI=1S/C17H23N3O4/c1-10-6-11(7-12-9-18-20(5)14(10)12)8-13(15(21)22)19-16(23)24-17(2,3)4/h6-7,9,13H,8H2,1-5H3,(H,19,23)(H,21,22). The van der Waals surface area contributed by atoms with E-state index in [0.717, 1.165) is 22.0 Å². The van der Waals surface area contributed by atoms with Crippen LogP contribution in [0.1, 0.15) is 31.9 Å². The van der Waals surface area contributed by atoms with Gasteiger partial charge < -0.3 is 15.2 Å². The molecule has 7 heteroatoms. The van der Waals surface area contributed by atoms with Crippen LogP contribution in [-0.4, -0.2) is 38.6 Å². The summed E-state index contributed by atoms with van der Waals surface area (Å²) in [5.74, 6) is -1.11. The molecular formula is C17H23N3O4. The summed E-state index contributed by atoms with van der Waals surface area (Å²) in [7, 11) is 1.86. The first-order valence-corrected chi connectivity index (χ1v) is 7.70. The third-order valence-corrected chi connectivity index (χ3v) is 3.51. The van der Waals surface area contributed by atoms with Crippen LogP contribution >= 0.6 is 0 Å². The normalized spacial score (nSPS) is 12.9. The van der Waals surface area contributed by atoms with E-state index in [1.54, 1.807) is 31.6 Å². The predicted molar refractivity (Wildman–Crippen MR) is 89.9 cm³/mol. The average molecular weight is 333 g/mol. The molecule has 0 aliphatic heterocycles. The molecule has 0 spiro atoms. The Bertz CT molecular complexity index is 774. The SMILES string of the molecule is Cc1cc(CC(NC(=O)OC(C)(C)C)C(=O)O)cc2cnn(C)c12. The third kappa shape index (κ3) is 4.24. The van der Waals surface area contributed by atoms with Gasteiger partial charge >= 0.3 is 12.1 Å². The van der Waals surface area contributed by atoms with E-state index in [9.17, 15) is 14.7 Å². The number of fused-ring (bicyclic) bond motifs is 1. The average Bonchev–Trinajstić information content (AvgIpc) is 2.77. The fourth-order valence-electron chi connectivity index (χ4n) is 2.63. The maximum atomic E-state index is 11.8. The number of carbonyl (C=O) groups excluding carboxylic acids is 1. The van der Waals surface area contributed by atoms with E-state index >= 15 is 0 Å². The smallest absolute Gasteiger partial charge is 0.408 e. The highest BCUT2D eigenvalue weighted by molar-refractivity contribution is 5.84. The summed E-state index contributed by atoms with van der Waals surface area (Å²) in [4.78, 5) is 23.3. The molecule has 1 atom stereocenters. The van der Waals surface area contributed by atoms with Crippen molar-refractivity contribution in [3.05, 3.63) is 29.5 Å². The molecule has 1 aromatic carbocycles. The van der Waals surface area contributed by atoms with E-state index in [4.69, 9.17) is 4.74 Å². The number of carboxylic acid groups (broad SMARTS) is 1. The predicted octanol–water partition coefficient (Wildman–Crippen LogP) is 2.40. The number of carbonyl (C=O) groups is 2. The van der Waals surface area contributed by atoms with Crippen LogP contribution < -0.4 is 5.32 Å². The maximum Gasteiger partial charge on any atom is 0.408 e. The van der Waals surface area contributed by atoms with Gasteiger partial charge in [0.05, 0.1) is 11.7 Å². The van der Waals surface area contributed by atoms with Crippen molar-refractivity contribution in [1.29, 1.82) is 0 Å². The lowest BCUT2D eigenvalue weighted by Gasteiger charge is -2.22. The Morgan fingerprint density at radius 1 is 1.38 bits per heavy atom. The lowest BCUT2D eigenvalue weighted by molar-refractivity contribution is -0.139. The monoisotopic (exact) mass is 333 g/mol. The number of hydrogen-bond acceptors (Lipinski definition) is 4. The molecule has 2 aromatic rings. The second-order valence-electron chi connectivity index (χ2n) is 6.86. The number of nitrogens with one attached hydrogen (secondary N) is 1. The van der Waals surface area contributed by atoms with Crippen LogP contribution in [0.25, 0.3) is 10.9 Å². The van der Waals surface area contributed by atoms with Crippen molar-refractivity contribution in [3.8, 4) is 0 Å². The van der Waals surface area contributed by atoms with Crippen molar-refractivity contribution >= 4 is 23.0 Å². The van der Waals surface area contributed by atoms with E-state index < -0.39 is 23.7 Å². The van der Waals surface area contributed by atoms with E-state index in [-0.39, 0.29) is 6.42 Å². The Labute approximate surface area is 140 Å². The van der Waals surface area contributed by atoms with Gasteiger partial charge in [0.2, 0.25) is 0 Å². The molecule has 0 aliphatic carbocycles. The van der Waals surface area contributed by atoms with Crippen molar-refractivity contribution in [1.82, 2.24) is 15.1 Å². The molecule has 0 saturated carbocycles. The Kier molecular flexibility index (Phi) is 4.82. The van der Waals surface area contributed by atoms with Gasteiger partial charge in [-0.3, -0.25) is 4.68 Å². The lowest BCUT2D eigenvalue weighted by atomic mass is 10.0. The van der Waals surface area contributed by atoms with Gasteiger partial charge in [0.25, 0.3) is 0 Å². The molecule has 1 aromatic heterocycles. The number of aliphatic carboxylic acids is 1. The highest BCUT2D eigenvalue weighted by atomic mass is 16.6. The number of nitrogens with zero attached hydrogens (tertiary/aromatic N) is 2. The van der Waals surface area contributed by atoms with Gasteiger partial charge in [-0.2, -0.15) is 5.10 Å². The maximum absolute atomic E-state index is 11.8. The molecule has 0 bridgehead atoms. The molecular weight excluding hydrogens is 310 g/mol. The van der Waals surface area contributed by atoms with Crippen LogP contribution in [0.5, 0.6) is 0 Å². The number of aromatic nitrogens is 2. The Morgan fingerprint density at radius 3 is 2.62 bits per heavy atom. The number of rotatable bonds is 4. The molecule has 2 N–H and O–H groups in total. The number of amides is 1. The second kappa shape index (κ2) is 6.51. The number of benzene rings is 1. The molecule has 0 aliphatic rings. The molecule has 24 heavy (non-hydrogen) atoms. The van der Waals surface area contributed by atoms with Crippen molar-refractivity contribution in [2.45, 2.75) is 45.8 Å². The van der Waals surface area contributed by atoms with Gasteiger partial charge in [-0.25, -0.2) is 9.59 Å². The fraction of sp³-hybridized carbons (Fsp3) is 0.471. The molecule has 0 radical (unpaired) electrons. The number of carboxylic acids is 1. The zero-order valence-corrected chi connectivity index (χ0v) is 14.6. The molecule has 2 rings (SSSR count). The van der Waals surface area contributed by atoms with E-state index in [2.05, 4.69) is 10.4 Å². The van der Waals surface area contributed by atoms with Crippen molar-refractivity contribution in [2.24, 2.45) is 7.05 Å². The summed E-state index contributed by atoms with van der Waals surface area (Å²) < 4.78 is 6.91. The van der Waals surface area contributed by atoms with Gasteiger partial charge in [-0.15, -0.1) is 0 Å². The van der Waals surface area contributed by atoms with Gasteiger partial charge in [0.1, 0.15) is 11.6 Å². The summed E-state index contributed by atoms with van der Waals surface area (Å²) in [6, 6.07) is 2.74. The first-order valence-electron chi connectivity index (χ1n) is 7.70. The van der Waals surface area contributed by atoms with Crippen molar-refractivity contribution < 1.29 is 19.4 Å². The summed E-state index contributed by atoms with van der Waals surface area (Å²) in [5, 5.41) is 16.9. The van der Waals surface area contributed by atoms with Gasteiger partial charge in [0.15, 0.2) is 0 Å². The summed E-state index contributed by atoms with van der Waals surface area (Å²) in [6.07, 6.45) is 1.16. The molecule has 130 valence electrons. The molecule has 1 amide bonds. The van der Waals surface area contributed by atoms with Crippen LogP contribution in [0.15, 0.2) is 18.3 Å². The van der Waals surface area contributed by atoms with Gasteiger partial charge in [0, 0.05) is 18.9 Å². The zero-order valence-electron chi connectivity index (χ0n) is 14.6. The highest BCUT2D eigenvalue weighted by Crippen LogP contribution is 2.21. The largest absolute Gasteiger partial charge is 0.480 e. The molecule has 0 saturated heterocycles. The number of hydrogen-bond donors (Lipinski definition) is 2. The summed E-state index contributed by atoms with van der Waals surface area (Å²) in [5.41, 5.74) is 2.14. The molecule has 1 unspecified atom stereocenters. The lowest BCUT2D eigenvalue weighted by Crippen LogP contribution is -2.44. The van der Waals surface area contributed by atoms with Crippen molar-refractivity contribution in [2.75, 3.05) is 0 Å². The Balaban J connectivity index is 2.19. The van der Waals surface area contributed by atoms with Crippen LogP contribution in [0, 0.1) is 6.92 Å².